The molecule has 1 aromatic carbocycles. The maximum absolute atomic E-state index is 12.6. The van der Waals surface area contributed by atoms with Crippen molar-refractivity contribution in [2.75, 3.05) is 26.2 Å². The Bertz CT molecular complexity index is 542. The first kappa shape index (κ1) is 15.8. The van der Waals surface area contributed by atoms with E-state index in [2.05, 4.69) is 5.32 Å². The molecule has 0 aliphatic carbocycles. The highest BCUT2D eigenvalue weighted by molar-refractivity contribution is 7.89. The average Bonchev–Trinajstić information content (AvgIpc) is 2.85. The van der Waals surface area contributed by atoms with E-state index >= 15 is 0 Å². The van der Waals surface area contributed by atoms with Crippen molar-refractivity contribution in [3.8, 4) is 0 Å². The van der Waals surface area contributed by atoms with Gasteiger partial charge in [-0.05, 0) is 49.9 Å². The number of hydrogen-bond acceptors (Lipinski definition) is 3. The summed E-state index contributed by atoms with van der Waals surface area (Å²) >= 11 is 0. The molecule has 20 heavy (non-hydrogen) atoms. The fourth-order valence-electron chi connectivity index (χ4n) is 3.21. The molecule has 0 radical (unpaired) electrons. The van der Waals surface area contributed by atoms with Gasteiger partial charge in [0.15, 0.2) is 0 Å². The van der Waals surface area contributed by atoms with Crippen LogP contribution in [0.1, 0.15) is 19.3 Å². The summed E-state index contributed by atoms with van der Waals surface area (Å²) in [5.41, 5.74) is 0.215. The molecule has 112 valence electrons. The Morgan fingerprint density at radius 3 is 2.35 bits per heavy atom. The van der Waals surface area contributed by atoms with Gasteiger partial charge in [-0.3, -0.25) is 0 Å². The zero-order valence-electron chi connectivity index (χ0n) is 11.4. The second kappa shape index (κ2) is 6.02. The highest BCUT2D eigenvalue weighted by Crippen LogP contribution is 2.40. The van der Waals surface area contributed by atoms with Gasteiger partial charge in [0.05, 0.1) is 4.90 Å². The number of halogens is 1. The van der Waals surface area contributed by atoms with E-state index in [1.807, 2.05) is 6.07 Å². The van der Waals surface area contributed by atoms with Gasteiger partial charge in [0.1, 0.15) is 0 Å². The Morgan fingerprint density at radius 2 is 1.70 bits per heavy atom. The minimum absolute atomic E-state index is 0. The predicted octanol–water partition coefficient (Wildman–Crippen LogP) is 1.87. The summed E-state index contributed by atoms with van der Waals surface area (Å²) < 4.78 is 26.8. The van der Waals surface area contributed by atoms with Gasteiger partial charge in [-0.15, -0.1) is 12.4 Å². The summed E-state index contributed by atoms with van der Waals surface area (Å²) in [6.45, 7) is 3.38. The smallest absolute Gasteiger partial charge is 0.243 e. The SMILES string of the molecule is Cl.O=S(=O)(c1ccccc1)N1CCC2(CCNCC2)C1. The molecule has 1 spiro atoms. The van der Waals surface area contributed by atoms with Gasteiger partial charge in [0.25, 0.3) is 0 Å². The van der Waals surface area contributed by atoms with Crippen LogP contribution in [-0.4, -0.2) is 38.9 Å². The summed E-state index contributed by atoms with van der Waals surface area (Å²) in [5.74, 6) is 0. The van der Waals surface area contributed by atoms with E-state index in [4.69, 9.17) is 0 Å². The number of rotatable bonds is 2. The summed E-state index contributed by atoms with van der Waals surface area (Å²) in [4.78, 5) is 0.418. The molecule has 0 unspecified atom stereocenters. The van der Waals surface area contributed by atoms with E-state index < -0.39 is 10.0 Å². The van der Waals surface area contributed by atoms with Crippen LogP contribution in [0.25, 0.3) is 0 Å². The average molecular weight is 317 g/mol. The van der Waals surface area contributed by atoms with E-state index in [0.717, 1.165) is 32.4 Å². The van der Waals surface area contributed by atoms with Gasteiger partial charge in [-0.25, -0.2) is 8.42 Å². The third-order valence-electron chi connectivity index (χ3n) is 4.45. The van der Waals surface area contributed by atoms with E-state index in [-0.39, 0.29) is 17.8 Å². The van der Waals surface area contributed by atoms with Crippen molar-refractivity contribution in [1.29, 1.82) is 0 Å². The summed E-state index contributed by atoms with van der Waals surface area (Å²) in [7, 11) is -3.30. The molecule has 0 amide bonds. The summed E-state index contributed by atoms with van der Waals surface area (Å²) in [6, 6.07) is 8.77. The molecule has 0 atom stereocenters. The molecule has 0 aromatic heterocycles. The largest absolute Gasteiger partial charge is 0.317 e. The zero-order chi connectivity index (χ0) is 13.3. The third-order valence-corrected chi connectivity index (χ3v) is 6.31. The van der Waals surface area contributed by atoms with E-state index in [0.29, 0.717) is 18.0 Å². The van der Waals surface area contributed by atoms with Crippen molar-refractivity contribution in [2.45, 2.75) is 24.2 Å². The second-order valence-electron chi connectivity index (χ2n) is 5.65. The lowest BCUT2D eigenvalue weighted by Crippen LogP contribution is -2.39. The molecule has 1 aromatic rings. The summed E-state index contributed by atoms with van der Waals surface area (Å²) in [6.07, 6.45) is 3.18. The molecule has 6 heteroatoms. The highest BCUT2D eigenvalue weighted by Gasteiger charge is 2.43. The van der Waals surface area contributed by atoms with Gasteiger partial charge < -0.3 is 5.32 Å². The first-order chi connectivity index (χ1) is 9.12. The minimum atomic E-state index is -3.30. The Morgan fingerprint density at radius 1 is 1.05 bits per heavy atom. The number of nitrogens with zero attached hydrogens (tertiary/aromatic N) is 1. The molecule has 2 fully saturated rings. The van der Waals surface area contributed by atoms with Gasteiger partial charge >= 0.3 is 0 Å². The van der Waals surface area contributed by atoms with Crippen molar-refractivity contribution >= 4 is 22.4 Å². The lowest BCUT2D eigenvalue weighted by atomic mass is 9.78. The quantitative estimate of drug-likeness (QED) is 0.906. The zero-order valence-corrected chi connectivity index (χ0v) is 13.0. The van der Waals surface area contributed by atoms with Crippen molar-refractivity contribution in [2.24, 2.45) is 5.41 Å². The Labute approximate surface area is 127 Å². The Hall–Kier alpha value is -0.620. The molecule has 2 aliphatic heterocycles. The normalized spacial score (nSPS) is 22.6. The molecule has 2 heterocycles. The molecule has 0 bridgehead atoms. The van der Waals surface area contributed by atoms with Crippen molar-refractivity contribution < 1.29 is 8.42 Å². The number of piperidine rings is 1. The van der Waals surface area contributed by atoms with E-state index in [1.165, 1.54) is 0 Å². The van der Waals surface area contributed by atoms with Crippen LogP contribution in [0.3, 0.4) is 0 Å². The number of benzene rings is 1. The van der Waals surface area contributed by atoms with Crippen molar-refractivity contribution in [1.82, 2.24) is 9.62 Å². The van der Waals surface area contributed by atoms with Crippen LogP contribution in [0.4, 0.5) is 0 Å². The van der Waals surface area contributed by atoms with Crippen LogP contribution in [0.5, 0.6) is 0 Å². The second-order valence-corrected chi connectivity index (χ2v) is 7.59. The van der Waals surface area contributed by atoms with Crippen molar-refractivity contribution in [3.63, 3.8) is 0 Å². The van der Waals surface area contributed by atoms with Crippen LogP contribution >= 0.6 is 12.4 Å². The van der Waals surface area contributed by atoms with E-state index in [9.17, 15) is 8.42 Å². The monoisotopic (exact) mass is 316 g/mol. The lowest BCUT2D eigenvalue weighted by molar-refractivity contribution is 0.218. The van der Waals surface area contributed by atoms with E-state index in [1.54, 1.807) is 28.6 Å². The fraction of sp³-hybridized carbons (Fsp3) is 0.571. The van der Waals surface area contributed by atoms with Gasteiger partial charge in [0.2, 0.25) is 10.0 Å². The topological polar surface area (TPSA) is 49.4 Å². The van der Waals surface area contributed by atoms with Gasteiger partial charge in [-0.1, -0.05) is 18.2 Å². The number of hydrogen-bond donors (Lipinski definition) is 1. The molecule has 1 N–H and O–H groups in total. The van der Waals surface area contributed by atoms with Gasteiger partial charge in [-0.2, -0.15) is 4.31 Å². The van der Waals surface area contributed by atoms with Gasteiger partial charge in [0, 0.05) is 13.1 Å². The molecule has 2 saturated heterocycles. The standard InChI is InChI=1S/C14H20N2O2S.ClH/c17-19(18,13-4-2-1-3-5-13)16-11-8-14(12-16)6-9-15-10-7-14;/h1-5,15H,6-12H2;1H. The first-order valence-electron chi connectivity index (χ1n) is 6.88. The number of sulfonamides is 1. The van der Waals surface area contributed by atoms with Crippen LogP contribution < -0.4 is 5.32 Å². The molecule has 0 saturated carbocycles. The summed E-state index contributed by atoms with van der Waals surface area (Å²) in [5, 5.41) is 3.35. The molecule has 2 aliphatic rings. The molecule has 3 rings (SSSR count). The molecular weight excluding hydrogens is 296 g/mol. The lowest BCUT2D eigenvalue weighted by Gasteiger charge is -2.33. The van der Waals surface area contributed by atoms with Crippen LogP contribution in [-0.2, 0) is 10.0 Å². The fourth-order valence-corrected chi connectivity index (χ4v) is 4.78. The van der Waals surface area contributed by atoms with Crippen LogP contribution in [0.15, 0.2) is 35.2 Å². The predicted molar refractivity (Wildman–Crippen MR) is 81.6 cm³/mol. The van der Waals surface area contributed by atoms with Crippen LogP contribution in [0.2, 0.25) is 0 Å². The highest BCUT2D eigenvalue weighted by atomic mass is 35.5. The maximum atomic E-state index is 12.6. The minimum Gasteiger partial charge on any atom is -0.317 e. The third kappa shape index (κ3) is 2.86. The first-order valence-corrected chi connectivity index (χ1v) is 8.32. The van der Waals surface area contributed by atoms with Crippen molar-refractivity contribution in [3.05, 3.63) is 30.3 Å². The molecule has 4 nitrogen and oxygen atoms in total. The van der Waals surface area contributed by atoms with Crippen LogP contribution in [0, 0.1) is 5.41 Å². The Kier molecular flexibility index (Phi) is 4.74. The number of nitrogens with one attached hydrogen (secondary N) is 1. The Balaban J connectivity index is 0.00000147. The molecular formula is C14H21ClN2O2S. The maximum Gasteiger partial charge on any atom is 0.243 e.